The van der Waals surface area contributed by atoms with E-state index in [0.717, 1.165) is 15.9 Å². The number of halogens is 1. The molecular formula is C18H15AlClOP+2. The van der Waals surface area contributed by atoms with Gasteiger partial charge in [-0.2, -0.15) is 0 Å². The third kappa shape index (κ3) is 3.54. The molecule has 106 valence electrons. The van der Waals surface area contributed by atoms with Crippen molar-refractivity contribution in [3.05, 3.63) is 91.0 Å². The predicted molar refractivity (Wildman–Crippen MR) is 91.6 cm³/mol. The molecule has 0 spiro atoms. The molecule has 0 heterocycles. The minimum absolute atomic E-state index is 0. The summed E-state index contributed by atoms with van der Waals surface area (Å²) in [6.45, 7) is 0. The largest absolute Gasteiger partial charge is 3.00 e. The zero-order chi connectivity index (χ0) is 13.8. The smallest absolute Gasteiger partial charge is 1.00 e. The molecule has 0 atom stereocenters. The van der Waals surface area contributed by atoms with Crippen molar-refractivity contribution in [1.29, 1.82) is 0 Å². The van der Waals surface area contributed by atoms with E-state index < -0.39 is 7.14 Å². The van der Waals surface area contributed by atoms with Crippen LogP contribution in [0.5, 0.6) is 0 Å². The van der Waals surface area contributed by atoms with Crippen LogP contribution in [0.1, 0.15) is 0 Å². The fourth-order valence-corrected chi connectivity index (χ4v) is 5.03. The Morgan fingerprint density at radius 2 is 0.727 bits per heavy atom. The quantitative estimate of drug-likeness (QED) is 0.483. The van der Waals surface area contributed by atoms with E-state index in [2.05, 4.69) is 0 Å². The van der Waals surface area contributed by atoms with Gasteiger partial charge in [-0.3, -0.25) is 0 Å². The predicted octanol–water partition coefficient (Wildman–Crippen LogP) is -0.0508. The minimum atomic E-state index is -2.78. The van der Waals surface area contributed by atoms with Crippen molar-refractivity contribution in [1.82, 2.24) is 0 Å². The summed E-state index contributed by atoms with van der Waals surface area (Å²) in [5.41, 5.74) is 0. The summed E-state index contributed by atoms with van der Waals surface area (Å²) in [5, 5.41) is 2.62. The van der Waals surface area contributed by atoms with E-state index in [0.29, 0.717) is 0 Å². The van der Waals surface area contributed by atoms with E-state index in [4.69, 9.17) is 0 Å². The van der Waals surface area contributed by atoms with Gasteiger partial charge in [0.05, 0.1) is 0 Å². The molecule has 0 aliphatic carbocycles. The van der Waals surface area contributed by atoms with Crippen LogP contribution in [0.25, 0.3) is 0 Å². The molecule has 22 heavy (non-hydrogen) atoms. The molecule has 0 aromatic heterocycles. The van der Waals surface area contributed by atoms with E-state index in [1.54, 1.807) is 0 Å². The maximum absolute atomic E-state index is 13.8. The fourth-order valence-electron chi connectivity index (χ4n) is 2.36. The molecule has 0 N–H and O–H groups in total. The number of hydrogen-bond donors (Lipinski definition) is 0. The average Bonchev–Trinajstić information content (AvgIpc) is 2.56. The Hall–Kier alpha value is -1.29. The molecule has 0 unspecified atom stereocenters. The molecule has 0 radical (unpaired) electrons. The molecule has 4 heteroatoms. The number of benzene rings is 3. The van der Waals surface area contributed by atoms with Crippen LogP contribution in [-0.2, 0) is 4.57 Å². The molecular weight excluding hydrogens is 326 g/mol. The van der Waals surface area contributed by atoms with Gasteiger partial charge in [0.2, 0.25) is 0 Å². The molecule has 0 saturated carbocycles. The fraction of sp³-hybridized carbons (Fsp3) is 0. The molecule has 0 saturated heterocycles. The van der Waals surface area contributed by atoms with Crippen molar-refractivity contribution in [2.24, 2.45) is 0 Å². The topological polar surface area (TPSA) is 17.1 Å². The van der Waals surface area contributed by atoms with Gasteiger partial charge in [0, 0.05) is 15.9 Å². The summed E-state index contributed by atoms with van der Waals surface area (Å²) in [6.07, 6.45) is 0. The Kier molecular flexibility index (Phi) is 7.14. The van der Waals surface area contributed by atoms with Gasteiger partial charge >= 0.3 is 17.4 Å². The van der Waals surface area contributed by atoms with Crippen LogP contribution in [0, 0.1) is 0 Å². The second-order valence-corrected chi connectivity index (χ2v) is 7.38. The molecule has 0 amide bonds. The Morgan fingerprint density at radius 1 is 0.500 bits per heavy atom. The average molecular weight is 341 g/mol. The van der Waals surface area contributed by atoms with Crippen molar-refractivity contribution in [3.8, 4) is 0 Å². The van der Waals surface area contributed by atoms with Crippen molar-refractivity contribution < 1.29 is 17.0 Å². The van der Waals surface area contributed by atoms with Crippen molar-refractivity contribution in [2.45, 2.75) is 0 Å². The minimum Gasteiger partial charge on any atom is -1.00 e. The molecule has 0 bridgehead atoms. The number of rotatable bonds is 3. The second-order valence-electron chi connectivity index (χ2n) is 4.62. The van der Waals surface area contributed by atoms with Crippen molar-refractivity contribution in [3.63, 3.8) is 0 Å². The van der Waals surface area contributed by atoms with E-state index in [1.807, 2.05) is 91.0 Å². The van der Waals surface area contributed by atoms with E-state index in [9.17, 15) is 4.57 Å². The van der Waals surface area contributed by atoms with Crippen LogP contribution >= 0.6 is 7.14 Å². The third-order valence-corrected chi connectivity index (χ3v) is 6.44. The van der Waals surface area contributed by atoms with Crippen LogP contribution in [-0.4, -0.2) is 17.4 Å². The second kappa shape index (κ2) is 8.37. The van der Waals surface area contributed by atoms with E-state index >= 15 is 0 Å². The summed E-state index contributed by atoms with van der Waals surface area (Å²) >= 11 is 0. The van der Waals surface area contributed by atoms with Gasteiger partial charge in [0.1, 0.15) is 0 Å². The number of hydrogen-bond acceptors (Lipinski definition) is 1. The van der Waals surface area contributed by atoms with E-state index in [1.165, 1.54) is 0 Å². The van der Waals surface area contributed by atoms with Gasteiger partial charge in [-0.25, -0.2) is 0 Å². The zero-order valence-corrected chi connectivity index (χ0v) is 14.8. The van der Waals surface area contributed by atoms with Gasteiger partial charge in [-0.1, -0.05) is 91.0 Å². The molecule has 3 aromatic rings. The summed E-state index contributed by atoms with van der Waals surface area (Å²) < 4.78 is 13.8. The summed E-state index contributed by atoms with van der Waals surface area (Å²) in [7, 11) is -2.78. The van der Waals surface area contributed by atoms with Crippen LogP contribution in [0.15, 0.2) is 91.0 Å². The Balaban J connectivity index is 0.00000121. The zero-order valence-electron chi connectivity index (χ0n) is 12.0. The van der Waals surface area contributed by atoms with Gasteiger partial charge in [0.25, 0.3) is 0 Å². The maximum atomic E-state index is 13.8. The van der Waals surface area contributed by atoms with Gasteiger partial charge in [-0.15, -0.1) is 0 Å². The third-order valence-electron chi connectivity index (χ3n) is 3.36. The van der Waals surface area contributed by atoms with Crippen molar-refractivity contribution >= 4 is 40.4 Å². The van der Waals surface area contributed by atoms with Crippen LogP contribution in [0.2, 0.25) is 0 Å². The van der Waals surface area contributed by atoms with Crippen LogP contribution in [0.3, 0.4) is 0 Å². The Bertz CT molecular complexity index is 629. The summed E-state index contributed by atoms with van der Waals surface area (Å²) in [4.78, 5) is 0. The van der Waals surface area contributed by atoms with Gasteiger partial charge < -0.3 is 17.0 Å². The first-order valence-corrected chi connectivity index (χ1v) is 8.29. The van der Waals surface area contributed by atoms with Crippen LogP contribution in [0.4, 0.5) is 0 Å². The monoisotopic (exact) mass is 340 g/mol. The Labute approximate surface area is 148 Å². The Morgan fingerprint density at radius 3 is 0.955 bits per heavy atom. The molecule has 3 rings (SSSR count). The van der Waals surface area contributed by atoms with Gasteiger partial charge in [-0.05, 0) is 0 Å². The van der Waals surface area contributed by atoms with Crippen molar-refractivity contribution in [2.75, 3.05) is 0 Å². The van der Waals surface area contributed by atoms with E-state index in [-0.39, 0.29) is 29.8 Å². The summed E-state index contributed by atoms with van der Waals surface area (Å²) in [6, 6.07) is 29.1. The van der Waals surface area contributed by atoms with Crippen LogP contribution < -0.4 is 28.3 Å². The molecule has 1 nitrogen and oxygen atoms in total. The van der Waals surface area contributed by atoms with Gasteiger partial charge in [0.15, 0.2) is 7.14 Å². The normalized spacial score (nSPS) is 10.2. The molecule has 0 aliphatic rings. The first kappa shape index (κ1) is 18.8. The molecule has 3 aromatic carbocycles. The SMILES string of the molecule is O=P(c1ccccc1)(c1ccccc1)c1ccccc1.[Al+3].[Cl-]. The summed E-state index contributed by atoms with van der Waals surface area (Å²) in [5.74, 6) is 0. The standard InChI is InChI=1S/C18H15OP.Al.ClH/c19-20(16-10-4-1-5-11-16,17-12-6-2-7-13-17)18-14-8-3-9-15-18;;/h1-15H;;1H/q;+3;/p-1. The first-order chi connectivity index (χ1) is 9.82. The first-order valence-electron chi connectivity index (χ1n) is 6.59. The maximum Gasteiger partial charge on any atom is 3.00 e. The molecule has 0 fully saturated rings. The molecule has 0 aliphatic heterocycles.